The largest absolute Gasteiger partial charge is 0.755 e. The second kappa shape index (κ2) is 8.40. The van der Waals surface area contributed by atoms with Crippen molar-refractivity contribution in [1.82, 2.24) is 5.32 Å². The van der Waals surface area contributed by atoms with Gasteiger partial charge in [0.1, 0.15) is 5.54 Å². The summed E-state index contributed by atoms with van der Waals surface area (Å²) >= 11 is 9.99. The van der Waals surface area contributed by atoms with Crippen molar-refractivity contribution in [2.75, 3.05) is 4.31 Å². The van der Waals surface area contributed by atoms with E-state index in [0.717, 1.165) is 36.4 Å². The number of anilines is 1. The van der Waals surface area contributed by atoms with Gasteiger partial charge < -0.3 is 15.6 Å². The minimum atomic E-state index is -2.76. The lowest BCUT2D eigenvalue weighted by Crippen LogP contribution is -2.66. The zero-order valence-electron chi connectivity index (χ0n) is 18.2. The predicted molar refractivity (Wildman–Crippen MR) is 126 cm³/mol. The number of rotatable bonds is 6. The molecule has 0 spiro atoms. The standard InChI is InChI=1S/C23H29Cl2N3O4S/c24-16-4-3-5-17(25)19(16)28(33(31)32)23(6-1-2-7-23)21(30)27-18-14-8-13-9-15(18)12-22(10-13,11-14)20(26)29/h3-5,13-15,18H,1-2,6-12H2,(H2,26,29)(H,27,30)(H,31,32)/p-1. The van der Waals surface area contributed by atoms with Gasteiger partial charge in [-0.15, -0.1) is 0 Å². The normalized spacial score (nSPS) is 34.8. The van der Waals surface area contributed by atoms with E-state index in [0.29, 0.717) is 31.6 Å². The highest BCUT2D eigenvalue weighted by Crippen LogP contribution is 2.60. The molecular formula is C23H28Cl2N3O4S-. The lowest BCUT2D eigenvalue weighted by atomic mass is 9.47. The molecule has 6 rings (SSSR count). The van der Waals surface area contributed by atoms with Gasteiger partial charge in [0.2, 0.25) is 11.8 Å². The maximum atomic E-state index is 13.9. The molecular weight excluding hydrogens is 485 g/mol. The number of benzene rings is 1. The van der Waals surface area contributed by atoms with Crippen molar-refractivity contribution >= 4 is 52.0 Å². The van der Waals surface area contributed by atoms with E-state index in [1.807, 2.05) is 0 Å². The zero-order chi connectivity index (χ0) is 23.5. The van der Waals surface area contributed by atoms with Crippen LogP contribution in [0.2, 0.25) is 10.0 Å². The number of primary amides is 1. The van der Waals surface area contributed by atoms with Gasteiger partial charge in [0.05, 0.1) is 15.7 Å². The SMILES string of the molecule is NC(=O)C12CC3CC(C1)C(NC(=O)C1(N(c4c(Cl)cccc4Cl)S(=O)[O-])CCCC1)C(C3)C2. The molecule has 0 saturated heterocycles. The van der Waals surface area contributed by atoms with Crippen molar-refractivity contribution in [2.45, 2.75) is 69.4 Å². The number of carbonyl (C=O) groups is 2. The van der Waals surface area contributed by atoms with Gasteiger partial charge in [0.25, 0.3) is 0 Å². The van der Waals surface area contributed by atoms with Gasteiger partial charge in [-0.2, -0.15) is 0 Å². The molecule has 33 heavy (non-hydrogen) atoms. The van der Waals surface area contributed by atoms with Crippen molar-refractivity contribution in [1.29, 1.82) is 0 Å². The Hall–Kier alpha value is -1.35. The molecule has 1 aromatic rings. The Labute approximate surface area is 206 Å². The summed E-state index contributed by atoms with van der Waals surface area (Å²) in [6.45, 7) is 0. The molecule has 3 unspecified atom stereocenters. The number of nitrogens with one attached hydrogen (secondary N) is 1. The highest BCUT2D eigenvalue weighted by Gasteiger charge is 2.59. The van der Waals surface area contributed by atoms with Gasteiger partial charge >= 0.3 is 0 Å². The third-order valence-electron chi connectivity index (χ3n) is 8.63. The lowest BCUT2D eigenvalue weighted by Gasteiger charge is -2.59. The first-order valence-corrected chi connectivity index (χ1v) is 13.4. The summed E-state index contributed by atoms with van der Waals surface area (Å²) in [6.07, 6.45) is 6.43. The van der Waals surface area contributed by atoms with Gasteiger partial charge in [-0.3, -0.25) is 18.1 Å². The van der Waals surface area contributed by atoms with Crippen LogP contribution in [0.1, 0.15) is 57.8 Å². The molecule has 5 aliphatic carbocycles. The molecule has 7 nitrogen and oxygen atoms in total. The molecule has 5 saturated carbocycles. The molecule has 4 bridgehead atoms. The predicted octanol–water partition coefficient (Wildman–Crippen LogP) is 3.70. The monoisotopic (exact) mass is 512 g/mol. The van der Waals surface area contributed by atoms with Crippen LogP contribution in [-0.4, -0.2) is 32.2 Å². The Kier molecular flexibility index (Phi) is 5.95. The minimum Gasteiger partial charge on any atom is -0.755 e. The highest BCUT2D eigenvalue weighted by atomic mass is 35.5. The van der Waals surface area contributed by atoms with Gasteiger partial charge in [-0.25, -0.2) is 0 Å². The fraction of sp³-hybridized carbons (Fsp3) is 0.652. The first-order valence-electron chi connectivity index (χ1n) is 11.6. The van der Waals surface area contributed by atoms with E-state index in [-0.39, 0.29) is 45.4 Å². The fourth-order valence-electron chi connectivity index (χ4n) is 7.44. The van der Waals surface area contributed by atoms with Gasteiger partial charge in [0, 0.05) is 22.7 Å². The topological polar surface area (TPSA) is 116 Å². The molecule has 3 N–H and O–H groups in total. The quantitative estimate of drug-likeness (QED) is 0.565. The third kappa shape index (κ3) is 3.68. The van der Waals surface area contributed by atoms with Crippen molar-refractivity contribution in [3.63, 3.8) is 0 Å². The molecule has 5 fully saturated rings. The fourth-order valence-corrected chi connectivity index (χ4v) is 9.01. The molecule has 2 amide bonds. The van der Waals surface area contributed by atoms with Gasteiger partial charge in [0.15, 0.2) is 0 Å². The molecule has 10 heteroatoms. The summed E-state index contributed by atoms with van der Waals surface area (Å²) < 4.78 is 26.2. The average Bonchev–Trinajstić information content (AvgIpc) is 3.23. The van der Waals surface area contributed by atoms with Crippen LogP contribution in [0.25, 0.3) is 0 Å². The Morgan fingerprint density at radius 1 is 1.09 bits per heavy atom. The maximum absolute atomic E-state index is 13.9. The summed E-state index contributed by atoms with van der Waals surface area (Å²) in [6, 6.07) is 4.71. The van der Waals surface area contributed by atoms with Crippen molar-refractivity contribution < 1.29 is 18.4 Å². The second-order valence-corrected chi connectivity index (χ2v) is 12.0. The van der Waals surface area contributed by atoms with Crippen LogP contribution < -0.4 is 15.4 Å². The van der Waals surface area contributed by atoms with Crippen LogP contribution in [0.4, 0.5) is 5.69 Å². The Morgan fingerprint density at radius 3 is 2.18 bits per heavy atom. The van der Waals surface area contributed by atoms with Crippen LogP contribution in [0, 0.1) is 23.2 Å². The Morgan fingerprint density at radius 2 is 1.67 bits per heavy atom. The van der Waals surface area contributed by atoms with Crippen molar-refractivity contribution in [3.8, 4) is 0 Å². The van der Waals surface area contributed by atoms with E-state index in [4.69, 9.17) is 28.9 Å². The number of carbonyl (C=O) groups excluding carboxylic acids is 2. The first-order chi connectivity index (χ1) is 15.7. The van der Waals surface area contributed by atoms with E-state index in [2.05, 4.69) is 5.32 Å². The van der Waals surface area contributed by atoms with Crippen molar-refractivity contribution in [3.05, 3.63) is 28.2 Å². The number of para-hydroxylation sites is 1. The minimum absolute atomic E-state index is 0.0809. The number of nitrogens with zero attached hydrogens (tertiary/aromatic N) is 1. The maximum Gasteiger partial charge on any atom is 0.247 e. The molecule has 3 atom stereocenters. The van der Waals surface area contributed by atoms with E-state index in [9.17, 15) is 18.4 Å². The zero-order valence-corrected chi connectivity index (χ0v) is 20.6. The number of amides is 2. The summed E-state index contributed by atoms with van der Waals surface area (Å²) in [5.74, 6) is 0.310. The molecule has 0 radical (unpaired) electrons. The molecule has 0 aromatic heterocycles. The Balaban J connectivity index is 1.46. The number of hydrogen-bond acceptors (Lipinski definition) is 4. The lowest BCUT2D eigenvalue weighted by molar-refractivity contribution is -0.148. The third-order valence-corrected chi connectivity index (χ3v) is 10.1. The molecule has 0 aliphatic heterocycles. The van der Waals surface area contributed by atoms with Crippen LogP contribution in [0.5, 0.6) is 0 Å². The molecule has 180 valence electrons. The van der Waals surface area contributed by atoms with Crippen molar-refractivity contribution in [2.24, 2.45) is 28.9 Å². The van der Waals surface area contributed by atoms with Crippen LogP contribution in [-0.2, 0) is 20.9 Å². The number of halogens is 2. The number of nitrogens with two attached hydrogens (primary N) is 1. The van der Waals surface area contributed by atoms with E-state index < -0.39 is 22.2 Å². The molecule has 0 heterocycles. The van der Waals surface area contributed by atoms with Crippen LogP contribution in [0.15, 0.2) is 18.2 Å². The van der Waals surface area contributed by atoms with Crippen LogP contribution in [0.3, 0.4) is 0 Å². The number of hydrogen-bond donors (Lipinski definition) is 2. The molecule has 5 aliphatic rings. The smallest absolute Gasteiger partial charge is 0.247 e. The summed E-state index contributed by atoms with van der Waals surface area (Å²) in [5, 5.41) is 3.62. The average molecular weight is 513 g/mol. The summed E-state index contributed by atoms with van der Waals surface area (Å²) in [7, 11) is 0. The summed E-state index contributed by atoms with van der Waals surface area (Å²) in [5.41, 5.74) is 4.21. The second-order valence-electron chi connectivity index (χ2n) is 10.4. The van der Waals surface area contributed by atoms with Gasteiger partial charge in [-0.05, 0) is 74.8 Å². The highest BCUT2D eigenvalue weighted by molar-refractivity contribution is 7.80. The Bertz CT molecular complexity index is 979. The summed E-state index contributed by atoms with van der Waals surface area (Å²) in [4.78, 5) is 26.2. The van der Waals surface area contributed by atoms with E-state index in [1.165, 1.54) is 0 Å². The molecule has 1 aromatic carbocycles. The van der Waals surface area contributed by atoms with Crippen LogP contribution >= 0.6 is 23.2 Å². The van der Waals surface area contributed by atoms with E-state index >= 15 is 0 Å². The van der Waals surface area contributed by atoms with E-state index in [1.54, 1.807) is 18.2 Å². The van der Waals surface area contributed by atoms with Gasteiger partial charge in [-0.1, -0.05) is 42.1 Å². The first kappa shape index (κ1) is 23.4.